The monoisotopic (exact) mass is 378 g/mol. The van der Waals surface area contributed by atoms with Crippen molar-refractivity contribution in [1.29, 1.82) is 0 Å². The zero-order valence-corrected chi connectivity index (χ0v) is 15.6. The Morgan fingerprint density at radius 3 is 2.50 bits per heavy atom. The van der Waals surface area contributed by atoms with Gasteiger partial charge < -0.3 is 5.32 Å². The molecule has 1 aliphatic rings. The Kier molecular flexibility index (Phi) is 8.19. The van der Waals surface area contributed by atoms with Crippen molar-refractivity contribution in [3.63, 3.8) is 0 Å². The summed E-state index contributed by atoms with van der Waals surface area (Å²) in [5.41, 5.74) is 2.44. The van der Waals surface area contributed by atoms with Crippen molar-refractivity contribution in [2.75, 3.05) is 26.2 Å². The van der Waals surface area contributed by atoms with E-state index in [4.69, 9.17) is 11.6 Å². The molecule has 0 saturated carbocycles. The maximum Gasteiger partial charge on any atom is 0.0697 e. The lowest BCUT2D eigenvalue weighted by atomic mass is 10.0. The summed E-state index contributed by atoms with van der Waals surface area (Å²) >= 11 is 8.16. The summed E-state index contributed by atoms with van der Waals surface area (Å²) in [5, 5.41) is 6.44. The van der Waals surface area contributed by atoms with E-state index < -0.39 is 0 Å². The zero-order valence-electron chi connectivity index (χ0n) is 12.4. The van der Waals surface area contributed by atoms with Gasteiger partial charge in [0.15, 0.2) is 0 Å². The van der Waals surface area contributed by atoms with Crippen LogP contribution in [0.5, 0.6) is 0 Å². The van der Waals surface area contributed by atoms with Crippen LogP contribution in [-0.4, -0.2) is 31.1 Å². The molecule has 2 nitrogen and oxygen atoms in total. The van der Waals surface area contributed by atoms with Gasteiger partial charge in [-0.3, -0.25) is 4.90 Å². The Labute approximate surface area is 153 Å². The zero-order chi connectivity index (χ0) is 13.9. The van der Waals surface area contributed by atoms with Gasteiger partial charge in [-0.15, -0.1) is 36.2 Å². The first-order valence-corrected chi connectivity index (χ1v) is 8.25. The Bertz CT molecular complexity index is 569. The summed E-state index contributed by atoms with van der Waals surface area (Å²) in [6, 6.07) is 11.2. The number of nitrogens with one attached hydrogen (secondary N) is 1. The third-order valence-electron chi connectivity index (χ3n) is 3.84. The number of nitrogens with zero attached hydrogens (tertiary/aromatic N) is 1. The molecule has 0 amide bonds. The number of hydrogen-bond donors (Lipinski definition) is 1. The highest BCUT2D eigenvalue weighted by molar-refractivity contribution is 7.10. The second-order valence-corrected chi connectivity index (χ2v) is 6.60. The van der Waals surface area contributed by atoms with Crippen molar-refractivity contribution in [1.82, 2.24) is 10.2 Å². The van der Waals surface area contributed by atoms with Crippen LogP contribution < -0.4 is 5.32 Å². The molecule has 1 aromatic heterocycles. The number of hydrogen-bond acceptors (Lipinski definition) is 3. The number of thiophene rings is 1. The Morgan fingerprint density at radius 2 is 1.91 bits per heavy atom. The molecule has 122 valence electrons. The summed E-state index contributed by atoms with van der Waals surface area (Å²) in [6.07, 6.45) is 0. The van der Waals surface area contributed by atoms with E-state index in [1.165, 1.54) is 10.4 Å². The second-order valence-electron chi connectivity index (χ2n) is 5.21. The van der Waals surface area contributed by atoms with Gasteiger partial charge in [0.1, 0.15) is 0 Å². The predicted octanol–water partition coefficient (Wildman–Crippen LogP) is 4.55. The highest BCUT2D eigenvalue weighted by Crippen LogP contribution is 2.33. The van der Waals surface area contributed by atoms with E-state index in [1.807, 2.05) is 11.3 Å². The van der Waals surface area contributed by atoms with E-state index in [2.05, 4.69) is 52.9 Å². The molecule has 1 aliphatic heterocycles. The SMILES string of the molecule is Cc1ccc([C@@H](c2cccs2)N2CCNCC2)cc1Cl.Cl.Cl. The van der Waals surface area contributed by atoms with Crippen LogP contribution >= 0.6 is 47.8 Å². The van der Waals surface area contributed by atoms with Crippen LogP contribution in [0.15, 0.2) is 35.7 Å². The highest BCUT2D eigenvalue weighted by Gasteiger charge is 2.24. The fourth-order valence-corrected chi connectivity index (χ4v) is 3.80. The van der Waals surface area contributed by atoms with Gasteiger partial charge in [-0.05, 0) is 35.6 Å². The molecule has 22 heavy (non-hydrogen) atoms. The summed E-state index contributed by atoms with van der Waals surface area (Å²) in [4.78, 5) is 3.94. The number of aryl methyl sites for hydroxylation is 1. The molecule has 0 unspecified atom stereocenters. The molecule has 1 fully saturated rings. The molecule has 6 heteroatoms. The number of rotatable bonds is 3. The maximum atomic E-state index is 6.33. The van der Waals surface area contributed by atoms with Crippen molar-refractivity contribution in [3.05, 3.63) is 56.7 Å². The topological polar surface area (TPSA) is 15.3 Å². The van der Waals surface area contributed by atoms with Crippen LogP contribution in [0.4, 0.5) is 0 Å². The third kappa shape index (κ3) is 4.38. The minimum Gasteiger partial charge on any atom is -0.314 e. The quantitative estimate of drug-likeness (QED) is 0.841. The van der Waals surface area contributed by atoms with Crippen molar-refractivity contribution in [2.24, 2.45) is 0 Å². The van der Waals surface area contributed by atoms with Gasteiger partial charge in [0.2, 0.25) is 0 Å². The average Bonchev–Trinajstić information content (AvgIpc) is 2.98. The van der Waals surface area contributed by atoms with Crippen molar-refractivity contribution < 1.29 is 0 Å². The molecule has 2 aromatic rings. The molecule has 3 rings (SSSR count). The van der Waals surface area contributed by atoms with Crippen LogP contribution in [0.2, 0.25) is 5.02 Å². The van der Waals surface area contributed by atoms with Crippen molar-refractivity contribution in [3.8, 4) is 0 Å². The first kappa shape index (κ1) is 19.8. The molecule has 1 N–H and O–H groups in total. The van der Waals surface area contributed by atoms with Gasteiger partial charge in [-0.1, -0.05) is 29.8 Å². The van der Waals surface area contributed by atoms with E-state index in [-0.39, 0.29) is 24.8 Å². The highest BCUT2D eigenvalue weighted by atomic mass is 35.5. The van der Waals surface area contributed by atoms with Crippen molar-refractivity contribution in [2.45, 2.75) is 13.0 Å². The molecule has 1 aromatic carbocycles. The Balaban J connectivity index is 0.00000121. The molecular weight excluding hydrogens is 359 g/mol. The minimum absolute atomic E-state index is 0. The van der Waals surface area contributed by atoms with Gasteiger partial charge in [-0.25, -0.2) is 0 Å². The van der Waals surface area contributed by atoms with Crippen LogP contribution in [0, 0.1) is 6.92 Å². The molecule has 2 heterocycles. The summed E-state index contributed by atoms with van der Waals surface area (Å²) in [7, 11) is 0. The number of piperazine rings is 1. The molecule has 0 spiro atoms. The van der Waals surface area contributed by atoms with Crippen LogP contribution in [0.1, 0.15) is 22.0 Å². The number of halogens is 3. The third-order valence-corrected chi connectivity index (χ3v) is 5.17. The Morgan fingerprint density at radius 1 is 1.18 bits per heavy atom. The second kappa shape index (κ2) is 9.11. The fraction of sp³-hybridized carbons (Fsp3) is 0.375. The summed E-state index contributed by atoms with van der Waals surface area (Å²) in [5.74, 6) is 0. The van der Waals surface area contributed by atoms with E-state index in [1.54, 1.807) is 0 Å². The summed E-state index contributed by atoms with van der Waals surface area (Å²) in [6.45, 7) is 6.32. The van der Waals surface area contributed by atoms with E-state index in [0.29, 0.717) is 6.04 Å². The predicted molar refractivity (Wildman–Crippen MR) is 101 cm³/mol. The molecule has 0 aliphatic carbocycles. The van der Waals surface area contributed by atoms with E-state index >= 15 is 0 Å². The van der Waals surface area contributed by atoms with Crippen molar-refractivity contribution >= 4 is 47.8 Å². The van der Waals surface area contributed by atoms with Gasteiger partial charge in [0, 0.05) is 36.1 Å². The van der Waals surface area contributed by atoms with E-state index in [9.17, 15) is 0 Å². The van der Waals surface area contributed by atoms with Crippen LogP contribution in [0.25, 0.3) is 0 Å². The normalized spacial score (nSPS) is 16.5. The molecule has 1 saturated heterocycles. The van der Waals surface area contributed by atoms with Gasteiger partial charge in [-0.2, -0.15) is 0 Å². The molecular formula is C16H21Cl3N2S. The average molecular weight is 380 g/mol. The van der Waals surface area contributed by atoms with Gasteiger partial charge in [0.05, 0.1) is 6.04 Å². The lowest BCUT2D eigenvalue weighted by molar-refractivity contribution is 0.200. The first-order valence-electron chi connectivity index (χ1n) is 7.00. The van der Waals surface area contributed by atoms with Crippen LogP contribution in [-0.2, 0) is 0 Å². The standard InChI is InChI=1S/C16H19ClN2S.2ClH/c1-12-4-5-13(11-14(12)17)16(15-3-2-10-20-15)19-8-6-18-7-9-19;;/h2-5,10-11,16,18H,6-9H2,1H3;2*1H/t16-;;/m0../s1. The number of benzene rings is 1. The van der Waals surface area contributed by atoms with E-state index in [0.717, 1.165) is 36.8 Å². The Hall–Kier alpha value is -0.290. The molecule has 1 atom stereocenters. The smallest absolute Gasteiger partial charge is 0.0697 e. The minimum atomic E-state index is 0. The van der Waals surface area contributed by atoms with Gasteiger partial charge in [0.25, 0.3) is 0 Å². The van der Waals surface area contributed by atoms with Gasteiger partial charge >= 0.3 is 0 Å². The molecule has 0 radical (unpaired) electrons. The van der Waals surface area contributed by atoms with Crippen LogP contribution in [0.3, 0.4) is 0 Å². The first-order chi connectivity index (χ1) is 9.75. The fourth-order valence-electron chi connectivity index (χ4n) is 2.72. The summed E-state index contributed by atoms with van der Waals surface area (Å²) < 4.78 is 0. The lowest BCUT2D eigenvalue weighted by Crippen LogP contribution is -2.45. The lowest BCUT2D eigenvalue weighted by Gasteiger charge is -2.35. The largest absolute Gasteiger partial charge is 0.314 e. The molecule has 0 bridgehead atoms. The maximum absolute atomic E-state index is 6.33.